The first-order chi connectivity index (χ1) is 20.5. The Morgan fingerprint density at radius 3 is 2.40 bits per heavy atom. The van der Waals surface area contributed by atoms with Gasteiger partial charge in [-0.05, 0) is 88.5 Å². The van der Waals surface area contributed by atoms with E-state index in [0.717, 1.165) is 37.4 Å². The van der Waals surface area contributed by atoms with Crippen LogP contribution >= 0.6 is 0 Å². The van der Waals surface area contributed by atoms with Crippen molar-refractivity contribution < 1.29 is 18.7 Å². The second-order valence-corrected chi connectivity index (χ2v) is 18.8. The van der Waals surface area contributed by atoms with Gasteiger partial charge >= 0.3 is 0 Å². The highest BCUT2D eigenvalue weighted by Crippen LogP contribution is 2.51. The van der Waals surface area contributed by atoms with Crippen LogP contribution in [-0.2, 0) is 22.8 Å². The van der Waals surface area contributed by atoms with Crippen molar-refractivity contribution in [1.29, 1.82) is 0 Å². The number of anilines is 1. The molecule has 2 saturated carbocycles. The highest BCUT2D eigenvalue weighted by Gasteiger charge is 2.48. The van der Waals surface area contributed by atoms with E-state index in [1.807, 2.05) is 20.8 Å². The number of carbonyl (C=O) groups is 2. The molecule has 5 rings (SSSR count). The van der Waals surface area contributed by atoms with Crippen LogP contribution in [0.25, 0.3) is 11.1 Å². The van der Waals surface area contributed by atoms with E-state index in [4.69, 9.17) is 4.74 Å². The smallest absolute Gasteiger partial charge is 0.270 e. The summed E-state index contributed by atoms with van der Waals surface area (Å²) in [5.41, 5.74) is 2.85. The van der Waals surface area contributed by atoms with Gasteiger partial charge < -0.3 is 15.4 Å². The Morgan fingerprint density at radius 2 is 1.79 bits per heavy atom. The van der Waals surface area contributed by atoms with Crippen molar-refractivity contribution in [2.24, 2.45) is 17.8 Å². The van der Waals surface area contributed by atoms with Crippen molar-refractivity contribution in [2.75, 3.05) is 11.9 Å². The fourth-order valence-corrected chi connectivity index (χ4v) is 6.61. The van der Waals surface area contributed by atoms with Crippen LogP contribution in [0, 0.1) is 37.5 Å². The summed E-state index contributed by atoms with van der Waals surface area (Å²) in [4.78, 5) is 31.1. The van der Waals surface area contributed by atoms with Crippen molar-refractivity contribution in [3.8, 4) is 11.1 Å². The van der Waals surface area contributed by atoms with Gasteiger partial charge in [0, 0.05) is 44.2 Å². The van der Waals surface area contributed by atoms with E-state index in [-0.39, 0.29) is 23.6 Å². The zero-order valence-electron chi connectivity index (χ0n) is 26.1. The minimum Gasteiger partial charge on any atom is -0.360 e. The molecule has 3 aromatic rings. The van der Waals surface area contributed by atoms with Crippen LogP contribution in [0.4, 0.5) is 10.2 Å². The Kier molecular flexibility index (Phi) is 9.17. The van der Waals surface area contributed by atoms with E-state index < -0.39 is 20.1 Å². The number of nitrogens with one attached hydrogen (secondary N) is 2. The van der Waals surface area contributed by atoms with E-state index in [0.29, 0.717) is 54.2 Å². The summed E-state index contributed by atoms with van der Waals surface area (Å²) >= 11 is 0. The van der Waals surface area contributed by atoms with Crippen LogP contribution < -0.4 is 10.6 Å². The second-order valence-electron chi connectivity index (χ2n) is 13.2. The van der Waals surface area contributed by atoms with Crippen LogP contribution in [0.1, 0.15) is 54.5 Å². The van der Waals surface area contributed by atoms with Crippen LogP contribution in [0.3, 0.4) is 0 Å². The average Bonchev–Trinajstić information content (AvgIpc) is 3.88. The second kappa shape index (κ2) is 12.7. The van der Waals surface area contributed by atoms with Crippen molar-refractivity contribution >= 4 is 25.7 Å². The van der Waals surface area contributed by atoms with Gasteiger partial charge in [0.15, 0.2) is 0 Å². The van der Waals surface area contributed by atoms with Crippen molar-refractivity contribution in [1.82, 2.24) is 29.9 Å². The first-order valence-electron chi connectivity index (χ1n) is 15.4. The molecule has 2 amide bonds. The van der Waals surface area contributed by atoms with Gasteiger partial charge in [0.1, 0.15) is 24.3 Å². The highest BCUT2D eigenvalue weighted by molar-refractivity contribution is 6.76. The van der Waals surface area contributed by atoms with E-state index in [2.05, 4.69) is 45.5 Å². The molecule has 2 aliphatic rings. The van der Waals surface area contributed by atoms with Crippen LogP contribution in [0.5, 0.6) is 0 Å². The van der Waals surface area contributed by atoms with Crippen LogP contribution in [0.15, 0.2) is 24.4 Å². The van der Waals surface area contributed by atoms with Gasteiger partial charge in [0.05, 0.1) is 5.69 Å². The molecule has 3 heterocycles. The largest absolute Gasteiger partial charge is 0.360 e. The van der Waals surface area contributed by atoms with Gasteiger partial charge in [0.25, 0.3) is 5.91 Å². The first-order valence-corrected chi connectivity index (χ1v) is 19.1. The number of nitrogens with zero attached hydrogens (tertiary/aromatic N) is 5. The SMILES string of the molecule is CCn1nccc1C(=O)NC(C(=O)Nc1ccc(-c2c(C)nn(COCC[Si](C)(C)C)c2C)c(F)n1)C(C1CC1)C1CC1. The predicted molar refractivity (Wildman–Crippen MR) is 166 cm³/mol. The van der Waals surface area contributed by atoms with E-state index in [1.165, 1.54) is 0 Å². The van der Waals surface area contributed by atoms with E-state index in [9.17, 15) is 9.59 Å². The number of ether oxygens (including phenoxy) is 1. The lowest BCUT2D eigenvalue weighted by molar-refractivity contribution is -0.119. The summed E-state index contributed by atoms with van der Waals surface area (Å²) < 4.78 is 24.7. The third-order valence-corrected chi connectivity index (χ3v) is 10.2. The zero-order chi connectivity index (χ0) is 30.9. The average molecular weight is 610 g/mol. The Labute approximate surface area is 253 Å². The zero-order valence-corrected chi connectivity index (χ0v) is 27.1. The summed E-state index contributed by atoms with van der Waals surface area (Å²) in [5.74, 6) is -0.483. The number of carbonyl (C=O) groups excluding carboxylic acids is 2. The standard InChI is InChI=1S/C31H44FN7O3Si/c1-7-38-24(14-15-33-38)30(40)36-28(27(21-8-9-21)22-10-11-22)31(41)35-25-13-12-23(29(32)34-25)26-19(2)37-39(20(26)3)18-42-16-17-43(4,5)6/h12-15,21-22,27-28H,7-11,16-18H2,1-6H3,(H,36,40)(H,34,35,41). The monoisotopic (exact) mass is 609 g/mol. The number of amides is 2. The number of halogens is 1. The Bertz CT molecular complexity index is 1460. The summed E-state index contributed by atoms with van der Waals surface area (Å²) in [6, 6.07) is 5.18. The lowest BCUT2D eigenvalue weighted by atomic mass is 9.88. The number of pyridine rings is 1. The Hall–Kier alpha value is -3.38. The minimum atomic E-state index is -1.20. The van der Waals surface area contributed by atoms with E-state index in [1.54, 1.807) is 33.8 Å². The Morgan fingerprint density at radius 1 is 1.09 bits per heavy atom. The molecular formula is C31H44FN7O3Si. The summed E-state index contributed by atoms with van der Waals surface area (Å²) in [6.07, 6.45) is 5.77. The number of aromatic nitrogens is 5. The molecule has 2 fully saturated rings. The number of aryl methyl sites for hydroxylation is 2. The number of hydrogen-bond acceptors (Lipinski definition) is 6. The topological polar surface area (TPSA) is 116 Å². The molecule has 1 unspecified atom stereocenters. The fraction of sp³-hybridized carbons (Fsp3) is 0.581. The quantitative estimate of drug-likeness (QED) is 0.144. The molecule has 10 nitrogen and oxygen atoms in total. The molecule has 43 heavy (non-hydrogen) atoms. The number of hydrogen-bond donors (Lipinski definition) is 2. The molecule has 0 radical (unpaired) electrons. The van der Waals surface area contributed by atoms with Gasteiger partial charge in [-0.2, -0.15) is 14.6 Å². The molecule has 0 bridgehead atoms. The highest BCUT2D eigenvalue weighted by atomic mass is 28.3. The third kappa shape index (κ3) is 7.41. The van der Waals surface area contributed by atoms with E-state index >= 15 is 4.39 Å². The molecule has 3 aromatic heterocycles. The van der Waals surface area contributed by atoms with Gasteiger partial charge in [-0.25, -0.2) is 9.67 Å². The molecule has 232 valence electrons. The Balaban J connectivity index is 1.31. The third-order valence-electron chi connectivity index (χ3n) is 8.50. The van der Waals surface area contributed by atoms with Crippen LogP contribution in [0.2, 0.25) is 25.7 Å². The summed E-state index contributed by atoms with van der Waals surface area (Å²) in [6.45, 7) is 14.1. The molecular weight excluding hydrogens is 565 g/mol. The maximum atomic E-state index is 15.5. The van der Waals surface area contributed by atoms with Gasteiger partial charge in [-0.3, -0.25) is 14.3 Å². The molecule has 0 saturated heterocycles. The minimum absolute atomic E-state index is 0.0372. The van der Waals surface area contributed by atoms with Crippen molar-refractivity contribution in [2.45, 2.75) is 91.5 Å². The van der Waals surface area contributed by atoms with Crippen molar-refractivity contribution in [3.63, 3.8) is 0 Å². The lowest BCUT2D eigenvalue weighted by Gasteiger charge is -2.27. The maximum Gasteiger partial charge on any atom is 0.270 e. The lowest BCUT2D eigenvalue weighted by Crippen LogP contribution is -2.50. The maximum absolute atomic E-state index is 15.5. The number of rotatable bonds is 14. The van der Waals surface area contributed by atoms with Crippen molar-refractivity contribution in [3.05, 3.63) is 47.4 Å². The van der Waals surface area contributed by atoms with Crippen LogP contribution in [-0.4, -0.2) is 57.1 Å². The normalized spacial score (nSPS) is 16.0. The van der Waals surface area contributed by atoms with Gasteiger partial charge in [0.2, 0.25) is 11.9 Å². The molecule has 12 heteroatoms. The van der Waals surface area contributed by atoms with Gasteiger partial charge in [-0.15, -0.1) is 0 Å². The summed E-state index contributed by atoms with van der Waals surface area (Å²) in [5, 5.41) is 14.6. The first kappa shape index (κ1) is 31.1. The molecule has 0 aliphatic heterocycles. The fourth-order valence-electron chi connectivity index (χ4n) is 5.86. The van der Waals surface area contributed by atoms with Gasteiger partial charge in [-0.1, -0.05) is 19.6 Å². The molecule has 2 N–H and O–H groups in total. The predicted octanol–water partition coefficient (Wildman–Crippen LogP) is 5.40. The molecule has 0 aromatic carbocycles. The molecule has 1 atom stereocenters. The molecule has 0 spiro atoms. The molecule has 2 aliphatic carbocycles. The summed E-state index contributed by atoms with van der Waals surface area (Å²) in [7, 11) is -1.20.